The third-order valence-electron chi connectivity index (χ3n) is 3.66. The highest BCUT2D eigenvalue weighted by Gasteiger charge is 2.26. The first-order chi connectivity index (χ1) is 9.63. The molecule has 4 nitrogen and oxygen atoms in total. The first kappa shape index (κ1) is 14.6. The van der Waals surface area contributed by atoms with Gasteiger partial charge in [0, 0.05) is 19.1 Å². The lowest BCUT2D eigenvalue weighted by Crippen LogP contribution is -2.35. The summed E-state index contributed by atoms with van der Waals surface area (Å²) in [5, 5.41) is 0. The molecular formula is C16H22N2O2. The zero-order chi connectivity index (χ0) is 14.5. The Morgan fingerprint density at radius 3 is 2.55 bits per heavy atom. The predicted octanol–water partition coefficient (Wildman–Crippen LogP) is 1.95. The smallest absolute Gasteiger partial charge is 0.229 e. The van der Waals surface area contributed by atoms with Crippen LogP contribution < -0.4 is 10.5 Å². The topological polar surface area (TPSA) is 55.6 Å². The monoisotopic (exact) mass is 274 g/mol. The Balaban J connectivity index is 2.00. The first-order valence-corrected chi connectivity index (χ1v) is 6.99. The average molecular weight is 274 g/mol. The maximum Gasteiger partial charge on any atom is 0.229 e. The van der Waals surface area contributed by atoms with Crippen LogP contribution in [0.4, 0.5) is 0 Å². The van der Waals surface area contributed by atoms with Gasteiger partial charge in [-0.15, -0.1) is 0 Å². The van der Waals surface area contributed by atoms with E-state index in [-0.39, 0.29) is 17.9 Å². The van der Waals surface area contributed by atoms with Crippen molar-refractivity contribution >= 4 is 5.91 Å². The zero-order valence-electron chi connectivity index (χ0n) is 12.1. The van der Waals surface area contributed by atoms with Crippen molar-refractivity contribution in [3.63, 3.8) is 0 Å². The fourth-order valence-electron chi connectivity index (χ4n) is 2.44. The van der Waals surface area contributed by atoms with Gasteiger partial charge in [0.05, 0.1) is 13.0 Å². The molecule has 1 aliphatic rings. The van der Waals surface area contributed by atoms with Crippen LogP contribution >= 0.6 is 0 Å². The molecule has 0 fully saturated rings. The summed E-state index contributed by atoms with van der Waals surface area (Å²) in [5.74, 6) is 0.920. The van der Waals surface area contributed by atoms with Gasteiger partial charge >= 0.3 is 0 Å². The van der Waals surface area contributed by atoms with Gasteiger partial charge in [0.1, 0.15) is 5.75 Å². The molecule has 2 N–H and O–H groups in total. The van der Waals surface area contributed by atoms with Crippen LogP contribution in [0.15, 0.2) is 36.4 Å². The van der Waals surface area contributed by atoms with E-state index in [1.807, 2.05) is 48.2 Å². The zero-order valence-corrected chi connectivity index (χ0v) is 12.1. The molecule has 0 radical (unpaired) electrons. The van der Waals surface area contributed by atoms with Gasteiger partial charge in [0.15, 0.2) is 0 Å². The molecule has 0 heterocycles. The van der Waals surface area contributed by atoms with E-state index < -0.39 is 0 Å². The van der Waals surface area contributed by atoms with Crippen LogP contribution in [0, 0.1) is 5.92 Å². The van der Waals surface area contributed by atoms with Crippen LogP contribution in [-0.2, 0) is 11.3 Å². The van der Waals surface area contributed by atoms with Crippen molar-refractivity contribution in [2.75, 3.05) is 13.7 Å². The Kier molecular flexibility index (Phi) is 4.79. The number of benzene rings is 1. The lowest BCUT2D eigenvalue weighted by atomic mass is 10.1. The van der Waals surface area contributed by atoms with E-state index in [2.05, 4.69) is 0 Å². The van der Waals surface area contributed by atoms with Gasteiger partial charge in [-0.05, 0) is 31.0 Å². The molecule has 0 saturated heterocycles. The van der Waals surface area contributed by atoms with Gasteiger partial charge in [-0.3, -0.25) is 4.79 Å². The number of amides is 1. The molecule has 2 rings (SSSR count). The molecule has 1 aliphatic carbocycles. The fraction of sp³-hybridized carbons (Fsp3) is 0.438. The third-order valence-corrected chi connectivity index (χ3v) is 3.66. The van der Waals surface area contributed by atoms with E-state index in [0.29, 0.717) is 13.1 Å². The summed E-state index contributed by atoms with van der Waals surface area (Å²) in [6.07, 6.45) is 4.57. The molecule has 0 spiro atoms. The van der Waals surface area contributed by atoms with Gasteiger partial charge in [-0.2, -0.15) is 0 Å². The second-order valence-corrected chi connectivity index (χ2v) is 5.09. The summed E-state index contributed by atoms with van der Waals surface area (Å²) in [6.45, 7) is 3.32. The Hall–Kier alpha value is -1.81. The van der Waals surface area contributed by atoms with E-state index in [4.69, 9.17) is 10.5 Å². The Labute approximate surface area is 120 Å². The van der Waals surface area contributed by atoms with Crippen LogP contribution in [0.2, 0.25) is 0 Å². The van der Waals surface area contributed by atoms with Crippen molar-refractivity contribution < 1.29 is 9.53 Å². The number of nitrogens with zero attached hydrogens (tertiary/aromatic N) is 1. The first-order valence-electron chi connectivity index (χ1n) is 6.99. The summed E-state index contributed by atoms with van der Waals surface area (Å²) in [5.41, 5.74) is 6.92. The number of nitrogens with two attached hydrogens (primary N) is 1. The number of hydrogen-bond donors (Lipinski definition) is 1. The Bertz CT molecular complexity index is 482. The normalized spacial score (nSPS) is 20.9. The van der Waals surface area contributed by atoms with Crippen LogP contribution in [-0.4, -0.2) is 30.5 Å². The second kappa shape index (κ2) is 6.57. The van der Waals surface area contributed by atoms with Gasteiger partial charge in [-0.25, -0.2) is 0 Å². The fourth-order valence-corrected chi connectivity index (χ4v) is 2.44. The molecule has 0 aliphatic heterocycles. The van der Waals surface area contributed by atoms with Crippen molar-refractivity contribution in [3.05, 3.63) is 42.0 Å². The van der Waals surface area contributed by atoms with Crippen LogP contribution in [0.25, 0.3) is 0 Å². The number of carbonyl (C=O) groups excluding carboxylic acids is 1. The van der Waals surface area contributed by atoms with Gasteiger partial charge < -0.3 is 15.4 Å². The van der Waals surface area contributed by atoms with Crippen molar-refractivity contribution in [1.29, 1.82) is 0 Å². The minimum atomic E-state index is -0.0665. The largest absolute Gasteiger partial charge is 0.497 e. The summed E-state index contributed by atoms with van der Waals surface area (Å²) < 4.78 is 5.14. The molecular weight excluding hydrogens is 252 g/mol. The minimum Gasteiger partial charge on any atom is -0.497 e. The Morgan fingerprint density at radius 2 is 2.05 bits per heavy atom. The van der Waals surface area contributed by atoms with Crippen molar-refractivity contribution in [1.82, 2.24) is 4.90 Å². The minimum absolute atomic E-state index is 0.0173. The van der Waals surface area contributed by atoms with Crippen LogP contribution in [0.5, 0.6) is 5.75 Å². The lowest BCUT2D eigenvalue weighted by Gasteiger charge is -2.24. The predicted molar refractivity (Wildman–Crippen MR) is 79.3 cm³/mol. The van der Waals surface area contributed by atoms with E-state index in [1.54, 1.807) is 7.11 Å². The quantitative estimate of drug-likeness (QED) is 0.835. The SMILES string of the molecule is CCN(Cc1ccc(OC)cc1)C(=O)C1C=CC(N)C1. The highest BCUT2D eigenvalue weighted by Crippen LogP contribution is 2.20. The molecule has 0 bridgehead atoms. The van der Waals surface area contributed by atoms with Crippen LogP contribution in [0.1, 0.15) is 18.9 Å². The maximum atomic E-state index is 12.4. The molecule has 1 aromatic carbocycles. The van der Waals surface area contributed by atoms with E-state index >= 15 is 0 Å². The van der Waals surface area contributed by atoms with Crippen molar-refractivity contribution in [3.8, 4) is 5.75 Å². The third kappa shape index (κ3) is 3.39. The Morgan fingerprint density at radius 1 is 1.35 bits per heavy atom. The van der Waals surface area contributed by atoms with E-state index in [1.165, 1.54) is 0 Å². The second-order valence-electron chi connectivity index (χ2n) is 5.09. The van der Waals surface area contributed by atoms with Gasteiger partial charge in [-0.1, -0.05) is 24.3 Å². The number of ether oxygens (including phenoxy) is 1. The van der Waals surface area contributed by atoms with Crippen molar-refractivity contribution in [2.24, 2.45) is 11.7 Å². The maximum absolute atomic E-state index is 12.4. The molecule has 1 aromatic rings. The lowest BCUT2D eigenvalue weighted by molar-refractivity contribution is -0.134. The molecule has 0 aromatic heterocycles. The van der Waals surface area contributed by atoms with E-state index in [9.17, 15) is 4.79 Å². The summed E-state index contributed by atoms with van der Waals surface area (Å²) in [7, 11) is 1.65. The number of rotatable bonds is 5. The molecule has 4 heteroatoms. The molecule has 2 unspecified atom stereocenters. The highest BCUT2D eigenvalue weighted by molar-refractivity contribution is 5.81. The van der Waals surface area contributed by atoms with Crippen molar-refractivity contribution in [2.45, 2.75) is 25.9 Å². The molecule has 108 valence electrons. The molecule has 2 atom stereocenters. The standard InChI is InChI=1S/C16H22N2O2/c1-3-18(16(19)13-6-7-14(17)10-13)11-12-4-8-15(20-2)9-5-12/h4-9,13-14H,3,10-11,17H2,1-2H3. The molecule has 20 heavy (non-hydrogen) atoms. The molecule has 0 saturated carbocycles. The summed E-state index contributed by atoms with van der Waals surface area (Å²) in [4.78, 5) is 14.3. The van der Waals surface area contributed by atoms with Crippen LogP contribution in [0.3, 0.4) is 0 Å². The number of carbonyl (C=O) groups is 1. The number of hydrogen-bond acceptors (Lipinski definition) is 3. The summed E-state index contributed by atoms with van der Waals surface area (Å²) in [6, 6.07) is 7.83. The van der Waals surface area contributed by atoms with E-state index in [0.717, 1.165) is 17.7 Å². The molecule has 1 amide bonds. The number of methoxy groups -OCH3 is 1. The van der Waals surface area contributed by atoms with Gasteiger partial charge in [0.2, 0.25) is 5.91 Å². The highest BCUT2D eigenvalue weighted by atomic mass is 16.5. The summed E-state index contributed by atoms with van der Waals surface area (Å²) >= 11 is 0. The average Bonchev–Trinajstić information content (AvgIpc) is 2.91. The van der Waals surface area contributed by atoms with Gasteiger partial charge in [0.25, 0.3) is 0 Å².